The number of azo groups is 1. The second-order valence-corrected chi connectivity index (χ2v) is 3.71. The van der Waals surface area contributed by atoms with Gasteiger partial charge < -0.3 is 0 Å². The Morgan fingerprint density at radius 2 is 1.67 bits per heavy atom. The van der Waals surface area contributed by atoms with Crippen LogP contribution in [0.2, 0.25) is 0 Å². The van der Waals surface area contributed by atoms with Crippen molar-refractivity contribution >= 4 is 11.7 Å². The maximum Gasteiger partial charge on any atom is 0.335 e. The third-order valence-electron chi connectivity index (χ3n) is 2.47. The molecule has 18 heavy (non-hydrogen) atoms. The van der Waals surface area contributed by atoms with Crippen LogP contribution in [0.15, 0.2) is 40.2 Å². The van der Waals surface area contributed by atoms with Gasteiger partial charge in [0, 0.05) is 11.6 Å². The molecule has 0 atom stereocenters. The Balaban J connectivity index is 2.09. The molecule has 2 rings (SSSR count). The number of amides is 1. The molecule has 0 spiro atoms. The van der Waals surface area contributed by atoms with Crippen LogP contribution in [0.1, 0.15) is 12.0 Å². The fraction of sp³-hybridized carbons (Fsp3) is 0.167. The molecular formula is C12H8F2N2O2. The summed E-state index contributed by atoms with van der Waals surface area (Å²) in [5.74, 6) is -3.00. The van der Waals surface area contributed by atoms with Crippen LogP contribution in [0.3, 0.4) is 0 Å². The van der Waals surface area contributed by atoms with E-state index in [4.69, 9.17) is 0 Å². The molecule has 1 heterocycles. The van der Waals surface area contributed by atoms with E-state index >= 15 is 0 Å². The van der Waals surface area contributed by atoms with Crippen molar-refractivity contribution in [3.05, 3.63) is 47.2 Å². The second-order valence-electron chi connectivity index (χ2n) is 3.71. The van der Waals surface area contributed by atoms with E-state index in [9.17, 15) is 18.4 Å². The summed E-state index contributed by atoms with van der Waals surface area (Å²) in [7, 11) is 0. The van der Waals surface area contributed by atoms with Crippen molar-refractivity contribution in [2.24, 2.45) is 10.2 Å². The summed E-state index contributed by atoms with van der Waals surface area (Å²) in [6.45, 7) is 0. The van der Waals surface area contributed by atoms with Crippen molar-refractivity contribution in [3.63, 3.8) is 0 Å². The number of allylic oxidation sites excluding steroid dienone is 1. The van der Waals surface area contributed by atoms with Gasteiger partial charge in [-0.15, -0.1) is 5.11 Å². The highest BCUT2D eigenvalue weighted by atomic mass is 19.1. The summed E-state index contributed by atoms with van der Waals surface area (Å²) in [5.41, 5.74) is 0.167. The molecule has 0 saturated heterocycles. The number of rotatable bonds is 3. The lowest BCUT2D eigenvalue weighted by Crippen LogP contribution is -2.11. The van der Waals surface area contributed by atoms with Gasteiger partial charge in [-0.3, -0.25) is 9.59 Å². The third kappa shape index (κ3) is 2.53. The highest BCUT2D eigenvalue weighted by molar-refractivity contribution is 6.41. The van der Waals surface area contributed by atoms with E-state index in [1.165, 1.54) is 6.07 Å². The highest BCUT2D eigenvalue weighted by Crippen LogP contribution is 2.18. The van der Waals surface area contributed by atoms with Crippen molar-refractivity contribution in [2.75, 3.05) is 0 Å². The van der Waals surface area contributed by atoms with E-state index in [-0.39, 0.29) is 24.1 Å². The summed E-state index contributed by atoms with van der Waals surface area (Å²) >= 11 is 0. The average molecular weight is 250 g/mol. The molecule has 0 aromatic heterocycles. The van der Waals surface area contributed by atoms with Gasteiger partial charge in [0.15, 0.2) is 0 Å². The molecule has 1 aromatic rings. The summed E-state index contributed by atoms with van der Waals surface area (Å²) in [6.07, 6.45) is 1.22. The van der Waals surface area contributed by atoms with Gasteiger partial charge in [-0.2, -0.15) is 5.11 Å². The number of carbonyl (C=O) groups excluding carboxylic acids is 2. The molecule has 0 unspecified atom stereocenters. The number of nitrogens with zero attached hydrogens (tertiary/aromatic N) is 2. The number of hydrogen-bond donors (Lipinski definition) is 0. The van der Waals surface area contributed by atoms with E-state index in [2.05, 4.69) is 10.2 Å². The van der Waals surface area contributed by atoms with Crippen LogP contribution in [0.5, 0.6) is 0 Å². The molecular weight excluding hydrogens is 242 g/mol. The summed E-state index contributed by atoms with van der Waals surface area (Å²) in [4.78, 5) is 21.8. The average Bonchev–Trinajstić information content (AvgIpc) is 2.33. The Morgan fingerprint density at radius 1 is 1.00 bits per heavy atom. The zero-order chi connectivity index (χ0) is 13.1. The molecule has 1 aliphatic rings. The molecule has 0 radical (unpaired) electrons. The fourth-order valence-corrected chi connectivity index (χ4v) is 1.55. The summed E-state index contributed by atoms with van der Waals surface area (Å²) in [5, 5.41) is 6.64. The van der Waals surface area contributed by atoms with Gasteiger partial charge >= 0.3 is 5.91 Å². The SMILES string of the molecule is O=C1C=C(CCc2c(F)cccc2F)N=NC1=O. The Bertz CT molecular complexity index is 559. The van der Waals surface area contributed by atoms with Gasteiger partial charge in [-0.25, -0.2) is 8.78 Å². The summed E-state index contributed by atoms with van der Waals surface area (Å²) < 4.78 is 26.6. The molecule has 4 nitrogen and oxygen atoms in total. The quantitative estimate of drug-likeness (QED) is 0.773. The van der Waals surface area contributed by atoms with Crippen molar-refractivity contribution in [2.45, 2.75) is 12.8 Å². The van der Waals surface area contributed by atoms with Crippen molar-refractivity contribution in [1.29, 1.82) is 0 Å². The molecule has 6 heteroatoms. The third-order valence-corrected chi connectivity index (χ3v) is 2.47. The standard InChI is InChI=1S/C12H8F2N2O2/c13-9-2-1-3-10(14)8(9)5-4-7-6-11(17)12(18)16-15-7/h1-3,6H,4-5H2. The van der Waals surface area contributed by atoms with E-state index in [0.29, 0.717) is 0 Å². The van der Waals surface area contributed by atoms with Crippen LogP contribution in [0.4, 0.5) is 8.78 Å². The topological polar surface area (TPSA) is 58.9 Å². The zero-order valence-electron chi connectivity index (χ0n) is 9.19. The molecule has 0 N–H and O–H groups in total. The van der Waals surface area contributed by atoms with Gasteiger partial charge in [-0.1, -0.05) is 6.07 Å². The lowest BCUT2D eigenvalue weighted by molar-refractivity contribution is -0.133. The van der Waals surface area contributed by atoms with Crippen molar-refractivity contribution in [3.8, 4) is 0 Å². The lowest BCUT2D eigenvalue weighted by atomic mass is 10.1. The van der Waals surface area contributed by atoms with Gasteiger partial charge in [0.1, 0.15) is 11.6 Å². The largest absolute Gasteiger partial charge is 0.335 e. The minimum absolute atomic E-state index is 0.0465. The molecule has 1 aliphatic heterocycles. The molecule has 0 saturated carbocycles. The number of carbonyl (C=O) groups is 2. The number of ketones is 1. The maximum atomic E-state index is 13.3. The minimum Gasteiger partial charge on any atom is -0.284 e. The molecule has 0 bridgehead atoms. The zero-order valence-corrected chi connectivity index (χ0v) is 9.19. The maximum absolute atomic E-state index is 13.3. The van der Waals surface area contributed by atoms with Gasteiger partial charge in [0.05, 0.1) is 5.70 Å². The normalized spacial score (nSPS) is 14.9. The number of hydrogen-bond acceptors (Lipinski definition) is 3. The Hall–Kier alpha value is -2.24. The van der Waals surface area contributed by atoms with E-state index in [1.807, 2.05) is 0 Å². The highest BCUT2D eigenvalue weighted by Gasteiger charge is 2.17. The second kappa shape index (κ2) is 4.95. The predicted molar refractivity (Wildman–Crippen MR) is 57.6 cm³/mol. The summed E-state index contributed by atoms with van der Waals surface area (Å²) in [6, 6.07) is 3.59. The Labute approximate surface area is 101 Å². The van der Waals surface area contributed by atoms with Crippen LogP contribution in [-0.2, 0) is 16.0 Å². The van der Waals surface area contributed by atoms with Gasteiger partial charge in [0.2, 0.25) is 5.78 Å². The first-order valence-electron chi connectivity index (χ1n) is 5.21. The van der Waals surface area contributed by atoms with E-state index in [0.717, 1.165) is 18.2 Å². The first kappa shape index (κ1) is 12.2. The van der Waals surface area contributed by atoms with Crippen molar-refractivity contribution < 1.29 is 18.4 Å². The Kier molecular flexibility index (Phi) is 3.36. The molecule has 92 valence electrons. The molecule has 1 amide bonds. The smallest absolute Gasteiger partial charge is 0.284 e. The van der Waals surface area contributed by atoms with E-state index < -0.39 is 23.3 Å². The Morgan fingerprint density at radius 3 is 2.28 bits per heavy atom. The van der Waals surface area contributed by atoms with E-state index in [1.54, 1.807) is 0 Å². The minimum atomic E-state index is -0.934. The van der Waals surface area contributed by atoms with Crippen LogP contribution in [0.25, 0.3) is 0 Å². The fourth-order valence-electron chi connectivity index (χ4n) is 1.55. The van der Waals surface area contributed by atoms with Crippen LogP contribution >= 0.6 is 0 Å². The molecule has 1 aromatic carbocycles. The van der Waals surface area contributed by atoms with Gasteiger partial charge in [0.25, 0.3) is 0 Å². The van der Waals surface area contributed by atoms with Gasteiger partial charge in [-0.05, 0) is 25.0 Å². The first-order chi connectivity index (χ1) is 8.58. The van der Waals surface area contributed by atoms with Crippen molar-refractivity contribution in [1.82, 2.24) is 0 Å². The van der Waals surface area contributed by atoms with Crippen LogP contribution in [0, 0.1) is 11.6 Å². The predicted octanol–water partition coefficient (Wildman–Crippen LogP) is 2.34. The first-order valence-corrected chi connectivity index (χ1v) is 5.21. The number of benzene rings is 1. The van der Waals surface area contributed by atoms with Crippen LogP contribution in [-0.4, -0.2) is 11.7 Å². The van der Waals surface area contributed by atoms with Crippen LogP contribution < -0.4 is 0 Å². The number of halogens is 2. The monoisotopic (exact) mass is 250 g/mol. The molecule has 0 aliphatic carbocycles. The molecule has 0 fully saturated rings. The lowest BCUT2D eigenvalue weighted by Gasteiger charge is -2.06.